The number of aromatic nitrogens is 6. The van der Waals surface area contributed by atoms with Crippen molar-refractivity contribution in [2.75, 3.05) is 185 Å². The molecule has 4 unspecified atom stereocenters. The van der Waals surface area contributed by atoms with Gasteiger partial charge in [-0.2, -0.15) is 5.10 Å². The molecule has 4 aromatic rings. The minimum absolute atomic E-state index is 0.00143. The van der Waals surface area contributed by atoms with Gasteiger partial charge in [-0.1, -0.05) is 79.9 Å². The molecule has 0 bridgehead atoms. The van der Waals surface area contributed by atoms with Crippen molar-refractivity contribution >= 4 is 41.2 Å². The maximum Gasteiger partial charge on any atom is 0.308 e. The minimum Gasteiger partial charge on any atom is -0.462 e. The highest BCUT2D eigenvalue weighted by atomic mass is 19.1. The predicted octanol–water partition coefficient (Wildman–Crippen LogP) is 8.90. The van der Waals surface area contributed by atoms with E-state index in [2.05, 4.69) is 76.3 Å². The average molecular weight is 1650 g/mol. The summed E-state index contributed by atoms with van der Waals surface area (Å²) in [5.41, 5.74) is 8.33. The van der Waals surface area contributed by atoms with Crippen molar-refractivity contribution in [2.45, 2.75) is 189 Å². The number of hydrogen-bond acceptors (Lipinski definition) is 23. The monoisotopic (exact) mass is 1650 g/mol. The molecule has 4 N–H and O–H groups in total. The van der Waals surface area contributed by atoms with Gasteiger partial charge in [-0.25, -0.2) is 18.6 Å². The number of esters is 1. The summed E-state index contributed by atoms with van der Waals surface area (Å²) in [6.07, 6.45) is 17.3. The summed E-state index contributed by atoms with van der Waals surface area (Å²) >= 11 is 0. The van der Waals surface area contributed by atoms with Gasteiger partial charge in [0.25, 0.3) is 11.8 Å². The molecule has 0 radical (unpaired) electrons. The first-order valence-corrected chi connectivity index (χ1v) is 42.9. The Morgan fingerprint density at radius 1 is 0.607 bits per heavy atom. The molecule has 3 aromatic heterocycles. The fraction of sp³-hybridized carbons (Fsp3) is 0.767. The number of amides is 5. The number of benzene rings is 1. The van der Waals surface area contributed by atoms with E-state index in [0.717, 1.165) is 65.9 Å². The number of nitrogens with one attached hydrogen (secondary N) is 2. The highest BCUT2D eigenvalue weighted by Gasteiger charge is 2.61. The summed E-state index contributed by atoms with van der Waals surface area (Å²) in [6.45, 7) is 32.4. The van der Waals surface area contributed by atoms with Crippen LogP contribution in [0.5, 0.6) is 0 Å². The van der Waals surface area contributed by atoms with Gasteiger partial charge in [-0.3, -0.25) is 28.8 Å². The van der Waals surface area contributed by atoms with Gasteiger partial charge >= 0.3 is 5.97 Å². The zero-order valence-electron chi connectivity index (χ0n) is 71.4. The van der Waals surface area contributed by atoms with E-state index >= 15 is 0 Å². The summed E-state index contributed by atoms with van der Waals surface area (Å²) in [6, 6.07) is 6.87. The van der Waals surface area contributed by atoms with Crippen LogP contribution < -0.4 is 16.4 Å². The molecule has 30 nitrogen and oxygen atoms in total. The summed E-state index contributed by atoms with van der Waals surface area (Å²) in [5.74, 6) is 2.24. The number of hydrogen-bond donors (Lipinski definition) is 3. The lowest BCUT2D eigenvalue weighted by Gasteiger charge is -2.61. The van der Waals surface area contributed by atoms with Crippen LogP contribution in [0.3, 0.4) is 0 Å². The lowest BCUT2D eigenvalue weighted by Crippen LogP contribution is -2.62. The van der Waals surface area contributed by atoms with Crippen LogP contribution in [0.1, 0.15) is 186 Å². The van der Waals surface area contributed by atoms with Crippen molar-refractivity contribution < 1.29 is 94.7 Å². The van der Waals surface area contributed by atoms with Crippen LogP contribution in [-0.4, -0.2) is 277 Å². The Morgan fingerprint density at radius 3 is 1.68 bits per heavy atom. The molecule has 117 heavy (non-hydrogen) atoms. The predicted molar refractivity (Wildman–Crippen MR) is 434 cm³/mol. The van der Waals surface area contributed by atoms with E-state index in [4.69, 9.17) is 77.4 Å². The van der Waals surface area contributed by atoms with E-state index in [-0.39, 0.29) is 117 Å². The fourth-order valence-electron chi connectivity index (χ4n) is 18.3. The third-order valence-electron chi connectivity index (χ3n) is 24.4. The van der Waals surface area contributed by atoms with E-state index in [1.54, 1.807) is 32.6 Å². The Bertz CT molecular complexity index is 3690. The molecule has 5 fully saturated rings. The first kappa shape index (κ1) is 94.1. The highest BCUT2D eigenvalue weighted by Crippen LogP contribution is 2.68. The van der Waals surface area contributed by atoms with Crippen molar-refractivity contribution in [1.29, 1.82) is 0 Å². The first-order valence-electron chi connectivity index (χ1n) is 42.9. The van der Waals surface area contributed by atoms with E-state index in [1.165, 1.54) is 80.8 Å². The van der Waals surface area contributed by atoms with Gasteiger partial charge in [0.05, 0.1) is 189 Å². The molecular formula is C86H136FN11O19. The number of carbonyl (C=O) groups excluding carboxylic acids is 6. The van der Waals surface area contributed by atoms with Crippen molar-refractivity contribution in [1.82, 2.24) is 50.0 Å². The van der Waals surface area contributed by atoms with Crippen LogP contribution >= 0.6 is 0 Å². The number of piperazine rings is 1. The SMILES string of the molecule is CC(C)CCC[C@@H](C)[C@H]1CCC2C3CCC4C[C@@H](OC(=O)C[C@H](NC(=O)CCOCCOCCOCCOCCOCCOCCOCCOCCOCCOCCOCCOCCNC(=O)Cn5cc(C(=O)N6CCN(C(=O)c7cn8nc(-c9ccc(F)cc9)cc(C(C)(C)C)c8n7)C(C)(C)C6)nn5)C(N)=O)CC[C@]4(C)C3CC[C@@]21C. The number of ether oxygens (including phenoxy) is 13. The van der Waals surface area contributed by atoms with Gasteiger partial charge in [0.1, 0.15) is 30.2 Å². The topological polar surface area (TPSA) is 340 Å². The maximum atomic E-state index is 14.1. The Hall–Kier alpha value is -6.75. The molecule has 1 aromatic carbocycles. The molecule has 5 aliphatic rings. The largest absolute Gasteiger partial charge is 0.462 e. The second-order valence-corrected chi connectivity index (χ2v) is 34.6. The summed E-state index contributed by atoms with van der Waals surface area (Å²) in [5, 5.41) is 18.2. The zero-order valence-corrected chi connectivity index (χ0v) is 71.4. The number of imidazole rings is 1. The standard InChI is InChI=1S/C86H136FN11O19/c1-61(2)12-11-13-62(3)68-20-21-69-67-19-16-64-54-66(22-25-85(64,9)70(67)23-26-86(68,69)10)117-78(101)56-73(79(88)102)90-76(99)24-30-105-32-34-107-36-38-109-40-42-111-44-46-113-48-50-115-52-53-116-51-49-114-47-45-112-43-41-110-39-37-108-35-33-106-31-27-89-77(100)59-96-57-75(92-94-96)81(103)95-28-29-97(84(7,8)60-95)82(104)74-58-98-80(91-74)71(83(4,5)6)55-72(93-98)63-14-17-65(87)18-15-63/h14-15,17-18,55,57-58,61-62,64,66-70,73H,11-13,16,19-54,56,59-60H2,1-10H3,(H2,88,102)(H,89,100)(H,90,99)/t62-,64?,66+,67?,68-,69?,70?,73+,85+,86-/m1/s1. The molecule has 4 aliphatic carbocycles. The molecule has 0 spiro atoms. The van der Waals surface area contributed by atoms with Gasteiger partial charge in [0.2, 0.25) is 17.7 Å². The first-order chi connectivity index (χ1) is 56.2. The summed E-state index contributed by atoms with van der Waals surface area (Å²) in [4.78, 5) is 86.9. The zero-order chi connectivity index (χ0) is 83.8. The Balaban J connectivity index is 0.469. The lowest BCUT2D eigenvalue weighted by atomic mass is 9.44. The maximum absolute atomic E-state index is 14.1. The van der Waals surface area contributed by atoms with Crippen LogP contribution in [-0.2, 0) is 92.7 Å². The third kappa shape index (κ3) is 29.0. The smallest absolute Gasteiger partial charge is 0.308 e. The average Bonchev–Trinajstić information content (AvgIpc) is 1.67. The number of halogens is 1. The number of primary amides is 1. The van der Waals surface area contributed by atoms with Gasteiger partial charge in [0, 0.05) is 43.7 Å². The molecule has 10 atom stereocenters. The second-order valence-electron chi connectivity index (χ2n) is 34.6. The molecular weight excluding hydrogens is 1510 g/mol. The van der Waals surface area contributed by atoms with E-state index < -0.39 is 29.4 Å². The van der Waals surface area contributed by atoms with E-state index in [9.17, 15) is 33.2 Å². The molecule has 31 heteroatoms. The molecule has 4 saturated carbocycles. The Morgan fingerprint density at radius 2 is 1.15 bits per heavy atom. The third-order valence-corrected chi connectivity index (χ3v) is 24.4. The van der Waals surface area contributed by atoms with Crippen molar-refractivity contribution in [3.63, 3.8) is 0 Å². The minimum atomic E-state index is -1.16. The van der Waals surface area contributed by atoms with Gasteiger partial charge < -0.3 is 87.7 Å². The van der Waals surface area contributed by atoms with Crippen molar-refractivity contribution in [3.8, 4) is 11.3 Å². The molecule has 1 saturated heterocycles. The number of nitrogens with zero attached hydrogens (tertiary/aromatic N) is 8. The van der Waals surface area contributed by atoms with Crippen LogP contribution in [0.2, 0.25) is 0 Å². The molecule has 9 rings (SSSR count). The van der Waals surface area contributed by atoms with E-state index in [0.29, 0.717) is 161 Å². The lowest BCUT2D eigenvalue weighted by molar-refractivity contribution is -0.163. The quantitative estimate of drug-likeness (QED) is 0.0274. The molecule has 1 aliphatic heterocycles. The number of nitrogens with two attached hydrogens (primary N) is 1. The van der Waals surface area contributed by atoms with Gasteiger partial charge in [-0.05, 0) is 160 Å². The molecule has 5 amide bonds. The Labute approximate surface area is 691 Å². The summed E-state index contributed by atoms with van der Waals surface area (Å²) < 4.78 is 89.5. The van der Waals surface area contributed by atoms with Crippen LogP contribution in [0.4, 0.5) is 4.39 Å². The van der Waals surface area contributed by atoms with Gasteiger partial charge in [0.15, 0.2) is 11.3 Å². The van der Waals surface area contributed by atoms with Crippen molar-refractivity contribution in [2.24, 2.45) is 58.0 Å². The van der Waals surface area contributed by atoms with Gasteiger partial charge in [-0.15, -0.1) is 5.10 Å². The van der Waals surface area contributed by atoms with Crippen LogP contribution in [0.15, 0.2) is 42.7 Å². The Kier molecular flexibility index (Phi) is 38.2. The number of rotatable bonds is 54. The molecule has 4 heterocycles. The fourth-order valence-corrected chi connectivity index (χ4v) is 18.3. The normalized spacial score (nSPS) is 22.4. The number of carbonyl (C=O) groups is 6. The second kappa shape index (κ2) is 47.5. The number of fused-ring (bicyclic) bond motifs is 6. The van der Waals surface area contributed by atoms with E-state index in [1.807, 2.05) is 19.9 Å². The summed E-state index contributed by atoms with van der Waals surface area (Å²) in [7, 11) is 0. The van der Waals surface area contributed by atoms with Crippen LogP contribution in [0.25, 0.3) is 16.9 Å². The van der Waals surface area contributed by atoms with Crippen molar-refractivity contribution in [3.05, 3.63) is 65.5 Å². The van der Waals surface area contributed by atoms with Crippen LogP contribution in [0, 0.1) is 58.1 Å². The molecule has 656 valence electrons. The highest BCUT2D eigenvalue weighted by molar-refractivity contribution is 5.95.